The third-order valence-corrected chi connectivity index (χ3v) is 4.84. The van der Waals surface area contributed by atoms with E-state index < -0.39 is 5.97 Å². The fourth-order valence-electron chi connectivity index (χ4n) is 3.23. The second-order valence-corrected chi connectivity index (χ2v) is 7.34. The van der Waals surface area contributed by atoms with E-state index in [2.05, 4.69) is 5.32 Å². The smallest absolute Gasteiger partial charge is 0.336 e. The van der Waals surface area contributed by atoms with Crippen LogP contribution in [0.4, 0.5) is 0 Å². The van der Waals surface area contributed by atoms with Gasteiger partial charge in [-0.3, -0.25) is 14.9 Å². The number of carboxylic acid groups (broad SMARTS) is 1. The predicted octanol–water partition coefficient (Wildman–Crippen LogP) is 2.01. The van der Waals surface area contributed by atoms with Gasteiger partial charge in [0.05, 0.1) is 18.8 Å². The first-order valence-electron chi connectivity index (χ1n) is 10.3. The normalized spacial score (nSPS) is 17.1. The number of nitrogens with two attached hydrogens (primary N) is 1. The van der Waals surface area contributed by atoms with Crippen LogP contribution in [0.5, 0.6) is 11.5 Å². The van der Waals surface area contributed by atoms with Crippen molar-refractivity contribution in [3.63, 3.8) is 0 Å². The summed E-state index contributed by atoms with van der Waals surface area (Å²) in [6, 6.07) is 13.0. The minimum Gasteiger partial charge on any atom is -0.486 e. The lowest BCUT2D eigenvalue weighted by molar-refractivity contribution is -0.132. The number of carbonyl (C=O) groups excluding carboxylic acids is 2. The maximum atomic E-state index is 11.2. The number of amides is 2. The van der Waals surface area contributed by atoms with Gasteiger partial charge < -0.3 is 25.1 Å². The molecule has 1 atom stereocenters. The van der Waals surface area contributed by atoms with Crippen LogP contribution in [0.15, 0.2) is 42.5 Å². The lowest BCUT2D eigenvalue weighted by atomic mass is 10.1. The first kappa shape index (κ1) is 23.2. The number of ether oxygens (including phenoxy) is 3. The number of carbonyl (C=O) groups is 3. The van der Waals surface area contributed by atoms with E-state index >= 15 is 0 Å². The Morgan fingerprint density at radius 1 is 1.12 bits per heavy atom. The molecular weight excluding hydrogens is 416 g/mol. The number of carboxylic acids is 1. The molecule has 2 amide bonds. The highest BCUT2D eigenvalue weighted by Gasteiger charge is 2.24. The third-order valence-electron chi connectivity index (χ3n) is 4.84. The molecule has 4 N–H and O–H groups in total. The molecule has 0 aliphatic carbocycles. The molecule has 1 saturated heterocycles. The van der Waals surface area contributed by atoms with Crippen LogP contribution < -0.4 is 20.5 Å². The SMILES string of the molecule is NCc1cc2c(cc1C(=O)O)OCC(COCc1ccccc1)O2.O=C1CCCC(=O)N1. The van der Waals surface area contributed by atoms with Crippen molar-refractivity contribution in [1.82, 2.24) is 5.32 Å². The van der Waals surface area contributed by atoms with Gasteiger partial charge in [-0.2, -0.15) is 0 Å². The highest BCUT2D eigenvalue weighted by molar-refractivity contribution is 5.97. The molecule has 170 valence electrons. The molecule has 2 heterocycles. The van der Waals surface area contributed by atoms with E-state index in [9.17, 15) is 19.5 Å². The first-order valence-corrected chi connectivity index (χ1v) is 10.3. The second kappa shape index (κ2) is 11.3. The summed E-state index contributed by atoms with van der Waals surface area (Å²) in [4.78, 5) is 31.9. The van der Waals surface area contributed by atoms with Crippen molar-refractivity contribution in [2.75, 3.05) is 13.2 Å². The van der Waals surface area contributed by atoms with Gasteiger partial charge >= 0.3 is 5.97 Å². The molecule has 0 aromatic heterocycles. The van der Waals surface area contributed by atoms with Gasteiger partial charge in [0.1, 0.15) is 6.61 Å². The zero-order chi connectivity index (χ0) is 22.9. The molecule has 32 heavy (non-hydrogen) atoms. The van der Waals surface area contributed by atoms with Crippen molar-refractivity contribution in [3.8, 4) is 11.5 Å². The molecule has 9 nitrogen and oxygen atoms in total. The maximum Gasteiger partial charge on any atom is 0.336 e. The van der Waals surface area contributed by atoms with Crippen LogP contribution in [0.1, 0.15) is 40.7 Å². The zero-order valence-corrected chi connectivity index (χ0v) is 17.5. The zero-order valence-electron chi connectivity index (χ0n) is 17.5. The van der Waals surface area contributed by atoms with E-state index in [1.54, 1.807) is 6.07 Å². The molecule has 4 rings (SSSR count). The predicted molar refractivity (Wildman–Crippen MR) is 114 cm³/mol. The largest absolute Gasteiger partial charge is 0.486 e. The summed E-state index contributed by atoms with van der Waals surface area (Å²) in [5.41, 5.74) is 7.35. The summed E-state index contributed by atoms with van der Waals surface area (Å²) in [5, 5.41) is 11.4. The number of hydrogen-bond donors (Lipinski definition) is 3. The van der Waals surface area contributed by atoms with Gasteiger partial charge in [0.15, 0.2) is 17.6 Å². The molecule has 0 spiro atoms. The van der Waals surface area contributed by atoms with Gasteiger partial charge in [-0.15, -0.1) is 0 Å². The topological polar surface area (TPSA) is 137 Å². The highest BCUT2D eigenvalue weighted by Crippen LogP contribution is 2.34. The summed E-state index contributed by atoms with van der Waals surface area (Å²) in [6.45, 7) is 1.31. The number of hydrogen-bond acceptors (Lipinski definition) is 7. The van der Waals surface area contributed by atoms with E-state index in [4.69, 9.17) is 19.9 Å². The Bertz CT molecular complexity index is 948. The molecule has 2 aliphatic heterocycles. The van der Waals surface area contributed by atoms with Gasteiger partial charge in [0.25, 0.3) is 0 Å². The maximum absolute atomic E-state index is 11.2. The van der Waals surface area contributed by atoms with Crippen LogP contribution in [0.2, 0.25) is 0 Å². The molecule has 0 radical (unpaired) electrons. The number of rotatable bonds is 6. The molecule has 1 unspecified atom stereocenters. The van der Waals surface area contributed by atoms with Crippen molar-refractivity contribution in [2.24, 2.45) is 5.73 Å². The minimum atomic E-state index is -1.03. The number of fused-ring (bicyclic) bond motifs is 1. The average Bonchev–Trinajstić information content (AvgIpc) is 2.79. The lowest BCUT2D eigenvalue weighted by Gasteiger charge is -2.27. The van der Waals surface area contributed by atoms with Crippen LogP contribution in [0, 0.1) is 0 Å². The number of imide groups is 1. The summed E-state index contributed by atoms with van der Waals surface area (Å²) < 4.78 is 17.1. The first-order chi connectivity index (χ1) is 15.5. The monoisotopic (exact) mass is 442 g/mol. The van der Waals surface area contributed by atoms with Crippen LogP contribution in [0.3, 0.4) is 0 Å². The second-order valence-electron chi connectivity index (χ2n) is 7.34. The summed E-state index contributed by atoms with van der Waals surface area (Å²) in [5.74, 6) is -0.387. The quantitative estimate of drug-likeness (QED) is 0.578. The fraction of sp³-hybridized carbons (Fsp3) is 0.348. The van der Waals surface area contributed by atoms with Gasteiger partial charge in [-0.05, 0) is 29.7 Å². The number of benzene rings is 2. The highest BCUT2D eigenvalue weighted by atomic mass is 16.6. The van der Waals surface area contributed by atoms with E-state index in [1.807, 2.05) is 30.3 Å². The van der Waals surface area contributed by atoms with E-state index in [1.165, 1.54) is 6.07 Å². The Balaban J connectivity index is 0.000000305. The van der Waals surface area contributed by atoms with Crippen molar-refractivity contribution in [2.45, 2.75) is 38.5 Å². The Morgan fingerprint density at radius 2 is 1.84 bits per heavy atom. The van der Waals surface area contributed by atoms with Crippen LogP contribution in [0.25, 0.3) is 0 Å². The van der Waals surface area contributed by atoms with Gasteiger partial charge in [0, 0.05) is 19.4 Å². The van der Waals surface area contributed by atoms with Gasteiger partial charge in [-0.25, -0.2) is 4.79 Å². The van der Waals surface area contributed by atoms with Crippen LogP contribution in [-0.2, 0) is 27.5 Å². The molecule has 1 fully saturated rings. The molecule has 2 aromatic rings. The molecule has 9 heteroatoms. The summed E-state index contributed by atoms with van der Waals surface area (Å²) >= 11 is 0. The van der Waals surface area contributed by atoms with Crippen LogP contribution >= 0.6 is 0 Å². The Morgan fingerprint density at radius 3 is 2.44 bits per heavy atom. The lowest BCUT2D eigenvalue weighted by Crippen LogP contribution is -2.33. The Hall–Kier alpha value is -3.43. The summed E-state index contributed by atoms with van der Waals surface area (Å²) in [6.07, 6.45) is 1.48. The number of nitrogens with one attached hydrogen (secondary N) is 1. The molecule has 0 bridgehead atoms. The molecule has 2 aliphatic rings. The van der Waals surface area contributed by atoms with Crippen molar-refractivity contribution < 1.29 is 33.7 Å². The fourth-order valence-corrected chi connectivity index (χ4v) is 3.23. The van der Waals surface area contributed by atoms with E-state index in [-0.39, 0.29) is 30.0 Å². The third kappa shape index (κ3) is 6.53. The van der Waals surface area contributed by atoms with Gasteiger partial charge in [0.2, 0.25) is 11.8 Å². The van der Waals surface area contributed by atoms with Crippen molar-refractivity contribution in [1.29, 1.82) is 0 Å². The van der Waals surface area contributed by atoms with Crippen molar-refractivity contribution in [3.05, 3.63) is 59.2 Å². The Kier molecular flexibility index (Phi) is 8.18. The minimum absolute atomic E-state index is 0.118. The molecule has 2 aromatic carbocycles. The van der Waals surface area contributed by atoms with E-state index in [0.717, 1.165) is 5.56 Å². The number of aromatic carboxylic acids is 1. The van der Waals surface area contributed by atoms with Crippen molar-refractivity contribution >= 4 is 17.8 Å². The number of piperidine rings is 1. The van der Waals surface area contributed by atoms with Gasteiger partial charge in [-0.1, -0.05) is 30.3 Å². The van der Waals surface area contributed by atoms with Crippen LogP contribution in [-0.4, -0.2) is 42.2 Å². The van der Waals surface area contributed by atoms with E-state index in [0.29, 0.717) is 56.1 Å². The summed E-state index contributed by atoms with van der Waals surface area (Å²) in [7, 11) is 0. The Labute approximate surface area is 185 Å². The molecular formula is C23H26N2O7. The standard InChI is InChI=1S/C18H19NO5.C5H7NO2/c19-8-13-6-17-16(7-15(13)18(20)21)23-11-14(24-17)10-22-9-12-4-2-1-3-5-12;7-4-2-1-3-5(8)6-4/h1-7,14H,8-11,19H2,(H,20,21);1-3H2,(H,6,7,8). The molecule has 0 saturated carbocycles. The average molecular weight is 442 g/mol.